The standard InChI is InChI=1S/C12H20N4O/c1-2-3-10-8-11(16-15-10)14-12(17)6-7-13-9-4-5-9/h8-9,13H,2-7H2,1H3,(H2,14,15,16,17). The second kappa shape index (κ2) is 5.82. The molecule has 0 radical (unpaired) electrons. The van der Waals surface area contributed by atoms with Crippen molar-refractivity contribution < 1.29 is 4.79 Å². The Balaban J connectivity index is 1.68. The van der Waals surface area contributed by atoms with Crippen molar-refractivity contribution in [1.29, 1.82) is 0 Å². The normalized spacial score (nSPS) is 14.9. The Labute approximate surface area is 101 Å². The van der Waals surface area contributed by atoms with E-state index in [1.807, 2.05) is 6.07 Å². The maximum absolute atomic E-state index is 11.6. The second-order valence-corrected chi connectivity index (χ2v) is 4.55. The Morgan fingerprint density at radius 3 is 3.12 bits per heavy atom. The monoisotopic (exact) mass is 236 g/mol. The van der Waals surface area contributed by atoms with Crippen LogP contribution in [0, 0.1) is 0 Å². The number of H-pyrrole nitrogens is 1. The van der Waals surface area contributed by atoms with Crippen LogP contribution in [0.25, 0.3) is 0 Å². The lowest BCUT2D eigenvalue weighted by Gasteiger charge is -2.02. The molecule has 3 N–H and O–H groups in total. The third-order valence-electron chi connectivity index (χ3n) is 2.78. The Bertz CT molecular complexity index is 370. The molecule has 5 heteroatoms. The molecule has 0 unspecified atom stereocenters. The van der Waals surface area contributed by atoms with E-state index in [4.69, 9.17) is 0 Å². The number of aromatic amines is 1. The van der Waals surface area contributed by atoms with E-state index in [1.165, 1.54) is 12.8 Å². The van der Waals surface area contributed by atoms with E-state index in [2.05, 4.69) is 27.8 Å². The SMILES string of the molecule is CCCc1cc(NC(=O)CCNC2CC2)n[nH]1. The molecule has 5 nitrogen and oxygen atoms in total. The molecular weight excluding hydrogens is 216 g/mol. The van der Waals surface area contributed by atoms with E-state index >= 15 is 0 Å². The van der Waals surface area contributed by atoms with Gasteiger partial charge in [0.05, 0.1) is 0 Å². The van der Waals surface area contributed by atoms with Crippen LogP contribution in [0.15, 0.2) is 6.07 Å². The van der Waals surface area contributed by atoms with E-state index in [9.17, 15) is 4.79 Å². The van der Waals surface area contributed by atoms with Gasteiger partial charge in [0, 0.05) is 30.8 Å². The molecule has 1 aliphatic carbocycles. The van der Waals surface area contributed by atoms with Crippen LogP contribution in [0.3, 0.4) is 0 Å². The molecule has 1 fully saturated rings. The first-order valence-corrected chi connectivity index (χ1v) is 6.35. The molecule has 1 saturated carbocycles. The minimum absolute atomic E-state index is 0.0210. The van der Waals surface area contributed by atoms with Gasteiger partial charge in [-0.25, -0.2) is 0 Å². The number of anilines is 1. The number of nitrogens with zero attached hydrogens (tertiary/aromatic N) is 1. The third kappa shape index (κ3) is 4.19. The first kappa shape index (κ1) is 12.1. The van der Waals surface area contributed by atoms with Crippen LogP contribution in [0.4, 0.5) is 5.82 Å². The van der Waals surface area contributed by atoms with Crippen molar-refractivity contribution in [1.82, 2.24) is 15.5 Å². The van der Waals surface area contributed by atoms with Crippen molar-refractivity contribution in [3.8, 4) is 0 Å². The average molecular weight is 236 g/mol. The summed E-state index contributed by atoms with van der Waals surface area (Å²) in [5.74, 6) is 0.651. The second-order valence-electron chi connectivity index (χ2n) is 4.55. The highest BCUT2D eigenvalue weighted by Crippen LogP contribution is 2.18. The van der Waals surface area contributed by atoms with Gasteiger partial charge in [-0.1, -0.05) is 13.3 Å². The van der Waals surface area contributed by atoms with Gasteiger partial charge in [0.1, 0.15) is 0 Å². The number of carbonyl (C=O) groups is 1. The fraction of sp³-hybridized carbons (Fsp3) is 0.667. The van der Waals surface area contributed by atoms with E-state index in [0.717, 1.165) is 25.1 Å². The smallest absolute Gasteiger partial charge is 0.226 e. The van der Waals surface area contributed by atoms with Crippen LogP contribution in [-0.4, -0.2) is 28.7 Å². The summed E-state index contributed by atoms with van der Waals surface area (Å²) in [4.78, 5) is 11.6. The fourth-order valence-electron chi connectivity index (χ4n) is 1.71. The summed E-state index contributed by atoms with van der Waals surface area (Å²) in [6.07, 6.45) is 5.04. The molecule has 1 aliphatic rings. The zero-order valence-corrected chi connectivity index (χ0v) is 10.3. The minimum Gasteiger partial charge on any atom is -0.313 e. The third-order valence-corrected chi connectivity index (χ3v) is 2.78. The van der Waals surface area contributed by atoms with E-state index in [0.29, 0.717) is 18.3 Å². The molecular formula is C12H20N4O. The minimum atomic E-state index is 0.0210. The number of aromatic nitrogens is 2. The van der Waals surface area contributed by atoms with Crippen LogP contribution >= 0.6 is 0 Å². The number of hydrogen-bond acceptors (Lipinski definition) is 3. The maximum Gasteiger partial charge on any atom is 0.226 e. The quantitative estimate of drug-likeness (QED) is 0.671. The van der Waals surface area contributed by atoms with E-state index < -0.39 is 0 Å². The fourth-order valence-corrected chi connectivity index (χ4v) is 1.71. The number of nitrogens with one attached hydrogen (secondary N) is 3. The van der Waals surface area contributed by atoms with Gasteiger partial charge >= 0.3 is 0 Å². The summed E-state index contributed by atoms with van der Waals surface area (Å²) < 4.78 is 0. The summed E-state index contributed by atoms with van der Waals surface area (Å²) >= 11 is 0. The Kier molecular flexibility index (Phi) is 4.14. The molecule has 0 aliphatic heterocycles. The number of amides is 1. The largest absolute Gasteiger partial charge is 0.313 e. The van der Waals surface area contributed by atoms with Crippen LogP contribution in [0.5, 0.6) is 0 Å². The number of carbonyl (C=O) groups excluding carboxylic acids is 1. The molecule has 17 heavy (non-hydrogen) atoms. The average Bonchev–Trinajstić information content (AvgIpc) is 3.01. The van der Waals surface area contributed by atoms with Gasteiger partial charge in [0.2, 0.25) is 5.91 Å². The topological polar surface area (TPSA) is 69.8 Å². The molecule has 0 spiro atoms. The first-order chi connectivity index (χ1) is 8.28. The molecule has 1 amide bonds. The molecule has 0 saturated heterocycles. The predicted molar refractivity (Wildman–Crippen MR) is 66.9 cm³/mol. The van der Waals surface area contributed by atoms with E-state index in [-0.39, 0.29) is 5.91 Å². The number of rotatable bonds is 7. The molecule has 0 aromatic carbocycles. The molecule has 94 valence electrons. The predicted octanol–water partition coefficient (Wildman–Crippen LogP) is 1.44. The molecule has 2 rings (SSSR count). The van der Waals surface area contributed by atoms with Gasteiger partial charge < -0.3 is 10.6 Å². The van der Waals surface area contributed by atoms with Gasteiger partial charge in [0.25, 0.3) is 0 Å². The summed E-state index contributed by atoms with van der Waals surface area (Å²) in [5.41, 5.74) is 1.07. The molecule has 0 atom stereocenters. The highest BCUT2D eigenvalue weighted by atomic mass is 16.1. The highest BCUT2D eigenvalue weighted by molar-refractivity contribution is 5.89. The van der Waals surface area contributed by atoms with Crippen LogP contribution < -0.4 is 10.6 Å². The molecule has 1 aromatic heterocycles. The lowest BCUT2D eigenvalue weighted by atomic mass is 10.2. The zero-order chi connectivity index (χ0) is 12.1. The zero-order valence-electron chi connectivity index (χ0n) is 10.3. The molecule has 1 heterocycles. The Morgan fingerprint density at radius 2 is 2.41 bits per heavy atom. The van der Waals surface area contributed by atoms with Gasteiger partial charge in [0.15, 0.2) is 5.82 Å². The molecule has 1 aromatic rings. The van der Waals surface area contributed by atoms with Crippen LogP contribution in [-0.2, 0) is 11.2 Å². The van der Waals surface area contributed by atoms with Crippen molar-refractivity contribution in [2.24, 2.45) is 0 Å². The number of aryl methyl sites for hydroxylation is 1. The Morgan fingerprint density at radius 1 is 1.59 bits per heavy atom. The lowest BCUT2D eigenvalue weighted by molar-refractivity contribution is -0.116. The number of hydrogen-bond donors (Lipinski definition) is 3. The van der Waals surface area contributed by atoms with Crippen LogP contribution in [0.2, 0.25) is 0 Å². The van der Waals surface area contributed by atoms with Crippen molar-refractivity contribution in [2.45, 2.75) is 45.1 Å². The summed E-state index contributed by atoms with van der Waals surface area (Å²) in [6, 6.07) is 2.56. The first-order valence-electron chi connectivity index (χ1n) is 6.35. The van der Waals surface area contributed by atoms with Gasteiger partial charge in [-0.15, -0.1) is 0 Å². The molecule has 0 bridgehead atoms. The highest BCUT2D eigenvalue weighted by Gasteiger charge is 2.20. The van der Waals surface area contributed by atoms with Gasteiger partial charge in [-0.2, -0.15) is 5.10 Å². The Hall–Kier alpha value is -1.36. The van der Waals surface area contributed by atoms with Crippen molar-refractivity contribution in [3.05, 3.63) is 11.8 Å². The van der Waals surface area contributed by atoms with E-state index in [1.54, 1.807) is 0 Å². The van der Waals surface area contributed by atoms with Gasteiger partial charge in [-0.3, -0.25) is 9.89 Å². The maximum atomic E-state index is 11.6. The summed E-state index contributed by atoms with van der Waals surface area (Å²) in [6.45, 7) is 2.87. The van der Waals surface area contributed by atoms with Crippen molar-refractivity contribution >= 4 is 11.7 Å². The van der Waals surface area contributed by atoms with Crippen molar-refractivity contribution in [3.63, 3.8) is 0 Å². The van der Waals surface area contributed by atoms with Gasteiger partial charge in [-0.05, 0) is 19.3 Å². The van der Waals surface area contributed by atoms with Crippen molar-refractivity contribution in [2.75, 3.05) is 11.9 Å². The van der Waals surface area contributed by atoms with Crippen LogP contribution in [0.1, 0.15) is 38.3 Å². The summed E-state index contributed by atoms with van der Waals surface area (Å²) in [7, 11) is 0. The summed E-state index contributed by atoms with van der Waals surface area (Å²) in [5, 5.41) is 13.1. The lowest BCUT2D eigenvalue weighted by Crippen LogP contribution is -2.23.